The molecule has 0 aliphatic carbocycles. The molecule has 1 aromatic heterocycles. The Morgan fingerprint density at radius 1 is 1.06 bits per heavy atom. The van der Waals surface area contributed by atoms with Crippen LogP contribution in [0.15, 0.2) is 41.6 Å². The lowest BCUT2D eigenvalue weighted by atomic mass is 10.0. The van der Waals surface area contributed by atoms with E-state index in [1.807, 2.05) is 0 Å². The molecule has 0 bridgehead atoms. The van der Waals surface area contributed by atoms with E-state index in [-0.39, 0.29) is 36.2 Å². The number of hydrogen-bond acceptors (Lipinski definition) is 5. The zero-order valence-electron chi connectivity index (χ0n) is 18.1. The highest BCUT2D eigenvalue weighted by molar-refractivity contribution is 7.98. The summed E-state index contributed by atoms with van der Waals surface area (Å²) in [5, 5.41) is 0.334. The number of halogens is 6. The Kier molecular flexibility index (Phi) is 7.81. The van der Waals surface area contributed by atoms with Crippen molar-refractivity contribution in [3.63, 3.8) is 0 Å². The summed E-state index contributed by atoms with van der Waals surface area (Å²) in [5.41, 5.74) is -1.71. The number of imidazole rings is 1. The predicted molar refractivity (Wildman–Crippen MR) is 114 cm³/mol. The monoisotopic (exact) mass is 506 g/mol. The molecular weight excluding hydrogens is 486 g/mol. The highest BCUT2D eigenvalue weighted by atomic mass is 32.2. The third-order valence-corrected chi connectivity index (χ3v) is 5.87. The minimum atomic E-state index is -4.96. The first kappa shape index (κ1) is 25.9. The summed E-state index contributed by atoms with van der Waals surface area (Å²) in [6.45, 7) is 2.47. The number of esters is 1. The molecule has 184 valence electrons. The van der Waals surface area contributed by atoms with Crippen LogP contribution in [0.1, 0.15) is 34.0 Å². The molecular formula is C22H20F6N2O3S. The Hall–Kier alpha value is -2.73. The highest BCUT2D eigenvalue weighted by Gasteiger charge is 2.38. The largest absolute Gasteiger partial charge is 0.462 e. The summed E-state index contributed by atoms with van der Waals surface area (Å²) >= 11 is 0.943. The third-order valence-electron chi connectivity index (χ3n) is 4.84. The Morgan fingerprint density at radius 2 is 1.79 bits per heavy atom. The maximum absolute atomic E-state index is 13.5. The summed E-state index contributed by atoms with van der Waals surface area (Å²) in [7, 11) is 1.49. The molecule has 0 N–H and O–H groups in total. The molecule has 0 radical (unpaired) electrons. The van der Waals surface area contributed by atoms with Gasteiger partial charge in [0.15, 0.2) is 5.16 Å². The first-order valence-electron chi connectivity index (χ1n) is 10.0. The van der Waals surface area contributed by atoms with Crippen molar-refractivity contribution in [1.82, 2.24) is 9.55 Å². The fraction of sp³-hybridized carbons (Fsp3) is 0.364. The third kappa shape index (κ3) is 5.84. The van der Waals surface area contributed by atoms with E-state index in [1.165, 1.54) is 13.2 Å². The molecule has 0 aliphatic heterocycles. The van der Waals surface area contributed by atoms with Gasteiger partial charge in [-0.15, -0.1) is 0 Å². The SMILES string of the molecule is CCOC(=O)c1ccc2c(c1)nc(SCc1ccc(C(F)(F)F)cc1C(F)(F)F)n2CCOC. The van der Waals surface area contributed by atoms with Crippen LogP contribution in [-0.4, -0.2) is 35.8 Å². The van der Waals surface area contributed by atoms with Gasteiger partial charge in [0, 0.05) is 19.4 Å². The number of rotatable bonds is 8. The van der Waals surface area contributed by atoms with E-state index >= 15 is 0 Å². The van der Waals surface area contributed by atoms with E-state index in [1.54, 1.807) is 23.6 Å². The molecule has 3 aromatic rings. The minimum absolute atomic E-state index is 0.120. The first-order chi connectivity index (χ1) is 16.0. The normalized spacial score (nSPS) is 12.4. The van der Waals surface area contributed by atoms with Gasteiger partial charge in [0.2, 0.25) is 0 Å². The van der Waals surface area contributed by atoms with Crippen LogP contribution in [0.25, 0.3) is 11.0 Å². The number of aromatic nitrogens is 2. The number of ether oxygens (including phenoxy) is 2. The zero-order valence-corrected chi connectivity index (χ0v) is 18.9. The number of hydrogen-bond donors (Lipinski definition) is 0. The van der Waals surface area contributed by atoms with Gasteiger partial charge in [-0.1, -0.05) is 17.8 Å². The van der Waals surface area contributed by atoms with E-state index in [0.29, 0.717) is 28.8 Å². The number of fused-ring (bicyclic) bond motifs is 1. The van der Waals surface area contributed by atoms with Crippen LogP contribution in [0.2, 0.25) is 0 Å². The van der Waals surface area contributed by atoms with Crippen LogP contribution >= 0.6 is 11.8 Å². The Labute approximate surface area is 195 Å². The van der Waals surface area contributed by atoms with Gasteiger partial charge in [-0.05, 0) is 42.8 Å². The maximum atomic E-state index is 13.5. The van der Waals surface area contributed by atoms with E-state index in [2.05, 4.69) is 4.98 Å². The molecule has 3 rings (SSSR count). The van der Waals surface area contributed by atoms with Crippen molar-refractivity contribution in [1.29, 1.82) is 0 Å². The molecule has 12 heteroatoms. The van der Waals surface area contributed by atoms with Crippen molar-refractivity contribution in [2.24, 2.45) is 0 Å². The summed E-state index contributed by atoms with van der Waals surface area (Å²) in [5.74, 6) is -0.807. The number of nitrogens with zero attached hydrogens (tertiary/aromatic N) is 2. The van der Waals surface area contributed by atoms with Gasteiger partial charge in [0.1, 0.15) is 0 Å². The minimum Gasteiger partial charge on any atom is -0.462 e. The van der Waals surface area contributed by atoms with Crippen molar-refractivity contribution in [3.8, 4) is 0 Å². The highest BCUT2D eigenvalue weighted by Crippen LogP contribution is 2.39. The number of benzene rings is 2. The summed E-state index contributed by atoms with van der Waals surface area (Å²) in [4.78, 5) is 16.5. The van der Waals surface area contributed by atoms with Gasteiger partial charge in [-0.25, -0.2) is 9.78 Å². The van der Waals surface area contributed by atoms with Crippen molar-refractivity contribution in [2.75, 3.05) is 20.3 Å². The van der Waals surface area contributed by atoms with Gasteiger partial charge in [0.05, 0.1) is 40.9 Å². The number of methoxy groups -OCH3 is 1. The van der Waals surface area contributed by atoms with E-state index < -0.39 is 29.4 Å². The Bertz CT molecular complexity index is 1170. The average molecular weight is 506 g/mol. The van der Waals surface area contributed by atoms with Crippen LogP contribution in [-0.2, 0) is 34.1 Å². The van der Waals surface area contributed by atoms with Crippen LogP contribution in [0.5, 0.6) is 0 Å². The number of thioether (sulfide) groups is 1. The summed E-state index contributed by atoms with van der Waals surface area (Å²) in [6, 6.07) is 6.30. The van der Waals surface area contributed by atoms with Gasteiger partial charge in [-0.2, -0.15) is 26.3 Å². The topological polar surface area (TPSA) is 53.3 Å². The van der Waals surface area contributed by atoms with Crippen molar-refractivity contribution in [3.05, 3.63) is 58.7 Å². The molecule has 5 nitrogen and oxygen atoms in total. The molecule has 34 heavy (non-hydrogen) atoms. The molecule has 0 spiro atoms. The molecule has 0 unspecified atom stereocenters. The number of alkyl halides is 6. The van der Waals surface area contributed by atoms with Crippen LogP contribution < -0.4 is 0 Å². The van der Waals surface area contributed by atoms with Gasteiger partial charge in [0.25, 0.3) is 0 Å². The number of carbonyl (C=O) groups is 1. The predicted octanol–water partition coefficient (Wildman–Crippen LogP) is 6.19. The second-order valence-electron chi connectivity index (χ2n) is 7.12. The van der Waals surface area contributed by atoms with Crippen LogP contribution in [0.3, 0.4) is 0 Å². The van der Waals surface area contributed by atoms with E-state index in [9.17, 15) is 31.1 Å². The zero-order chi connectivity index (χ0) is 25.1. The molecule has 2 aromatic carbocycles. The molecule has 0 fully saturated rings. The Balaban J connectivity index is 1.97. The van der Waals surface area contributed by atoms with E-state index in [0.717, 1.165) is 17.8 Å². The lowest BCUT2D eigenvalue weighted by Gasteiger charge is -2.16. The standard InChI is InChI=1S/C22H20F6N2O3S/c1-3-33-19(31)13-5-7-18-17(10-13)29-20(30(18)8-9-32-2)34-12-14-4-6-15(21(23,24)25)11-16(14)22(26,27)28/h4-7,10-11H,3,8-9,12H2,1-2H3. The van der Waals surface area contributed by atoms with Gasteiger partial charge in [-0.3, -0.25) is 0 Å². The average Bonchev–Trinajstić information content (AvgIpc) is 3.11. The van der Waals surface area contributed by atoms with Crippen LogP contribution in [0, 0.1) is 0 Å². The first-order valence-corrected chi connectivity index (χ1v) is 11.0. The second kappa shape index (κ2) is 10.3. The molecule has 0 atom stereocenters. The Morgan fingerprint density at radius 3 is 2.41 bits per heavy atom. The fourth-order valence-electron chi connectivity index (χ4n) is 3.24. The summed E-state index contributed by atoms with van der Waals surface area (Å²) < 4.78 is 91.0. The maximum Gasteiger partial charge on any atom is 0.416 e. The lowest BCUT2D eigenvalue weighted by molar-refractivity contribution is -0.143. The van der Waals surface area contributed by atoms with Crippen LogP contribution in [0.4, 0.5) is 26.3 Å². The van der Waals surface area contributed by atoms with Gasteiger partial charge >= 0.3 is 18.3 Å². The molecule has 1 heterocycles. The second-order valence-corrected chi connectivity index (χ2v) is 8.06. The summed E-state index contributed by atoms with van der Waals surface area (Å²) in [6.07, 6.45) is -9.85. The lowest BCUT2D eigenvalue weighted by Crippen LogP contribution is -2.13. The smallest absolute Gasteiger partial charge is 0.416 e. The quantitative estimate of drug-likeness (QED) is 0.207. The molecule has 0 saturated carbocycles. The number of carbonyl (C=O) groups excluding carboxylic acids is 1. The van der Waals surface area contributed by atoms with E-state index in [4.69, 9.17) is 9.47 Å². The fourth-order valence-corrected chi connectivity index (χ4v) is 4.29. The molecule has 0 aliphatic rings. The van der Waals surface area contributed by atoms with Crippen molar-refractivity contribution >= 4 is 28.8 Å². The van der Waals surface area contributed by atoms with Gasteiger partial charge < -0.3 is 14.0 Å². The van der Waals surface area contributed by atoms with Crippen molar-refractivity contribution in [2.45, 2.75) is 36.7 Å². The van der Waals surface area contributed by atoms with Crippen molar-refractivity contribution < 1.29 is 40.6 Å². The molecule has 0 saturated heterocycles. The molecule has 0 amide bonds.